The number of nitrogens with one attached hydrogen (secondary N) is 2. The molecule has 6 rings (SSSR count). The molecule has 0 unspecified atom stereocenters. The highest BCUT2D eigenvalue weighted by Gasteiger charge is 2.23. The molecule has 0 bridgehead atoms. The first-order chi connectivity index (χ1) is 18.2. The Bertz CT molecular complexity index is 1530. The van der Waals surface area contributed by atoms with Crippen LogP contribution in [0.2, 0.25) is 0 Å². The number of likely N-dealkylation sites (tertiary alicyclic amines) is 1. The van der Waals surface area contributed by atoms with E-state index in [4.69, 9.17) is 14.7 Å². The molecule has 2 aliphatic heterocycles. The van der Waals surface area contributed by atoms with Crippen LogP contribution >= 0.6 is 0 Å². The highest BCUT2D eigenvalue weighted by atomic mass is 16.5. The molecule has 7 nitrogen and oxygen atoms in total. The fourth-order valence-electron chi connectivity index (χ4n) is 5.29. The lowest BCUT2D eigenvalue weighted by molar-refractivity contribution is 0.132. The third kappa shape index (κ3) is 4.75. The third-order valence-electron chi connectivity index (χ3n) is 7.22. The number of para-hydroxylation sites is 2. The molecule has 0 atom stereocenters. The van der Waals surface area contributed by atoms with Gasteiger partial charge in [-0.05, 0) is 48.7 Å². The molecule has 7 heteroatoms. The van der Waals surface area contributed by atoms with E-state index >= 15 is 0 Å². The fraction of sp³-hybridized carbons (Fsp3) is 0.267. The summed E-state index contributed by atoms with van der Waals surface area (Å²) < 4.78 is 5.23. The zero-order valence-corrected chi connectivity index (χ0v) is 20.9. The predicted octanol–water partition coefficient (Wildman–Crippen LogP) is 4.07. The second-order valence-electron chi connectivity index (χ2n) is 9.64. The van der Waals surface area contributed by atoms with Crippen LogP contribution < -0.4 is 16.0 Å². The molecule has 3 N–H and O–H groups in total. The average molecular weight is 494 g/mol. The number of H-pyrrole nitrogens is 1. The van der Waals surface area contributed by atoms with Crippen molar-refractivity contribution in [3.63, 3.8) is 0 Å². The van der Waals surface area contributed by atoms with Gasteiger partial charge in [0.05, 0.1) is 22.9 Å². The number of nitrogens with zero attached hydrogens (tertiary/aromatic N) is 3. The van der Waals surface area contributed by atoms with Gasteiger partial charge in [0.2, 0.25) is 0 Å². The number of rotatable bonds is 7. The molecule has 3 heterocycles. The van der Waals surface area contributed by atoms with Crippen molar-refractivity contribution >= 4 is 22.2 Å². The molecule has 1 aromatic heterocycles. The Morgan fingerprint density at radius 1 is 1.00 bits per heavy atom. The summed E-state index contributed by atoms with van der Waals surface area (Å²) in [6.45, 7) is 3.88. The molecule has 0 aliphatic carbocycles. The van der Waals surface area contributed by atoms with Gasteiger partial charge in [-0.25, -0.2) is 9.98 Å². The van der Waals surface area contributed by atoms with Crippen LogP contribution in [0, 0.1) is 0 Å². The number of aromatic amines is 1. The maximum Gasteiger partial charge on any atom is 0.197 e. The van der Waals surface area contributed by atoms with Crippen LogP contribution in [-0.2, 0) is 4.74 Å². The Kier molecular flexibility index (Phi) is 6.47. The van der Waals surface area contributed by atoms with Crippen molar-refractivity contribution in [2.45, 2.75) is 18.9 Å². The number of methoxy groups -OCH3 is 1. The molecular formula is C30H31N5O2. The SMILES string of the molecule is COCCN1CCC(Nc2ccc3[nH]c(O)c(C(=C4N=c5ccccc5=N4)c4ccccc4)c3c2)CC1. The minimum Gasteiger partial charge on any atom is -0.494 e. The van der Waals surface area contributed by atoms with E-state index in [2.05, 4.69) is 27.3 Å². The second kappa shape index (κ2) is 10.2. The lowest BCUT2D eigenvalue weighted by Gasteiger charge is -2.32. The Hall–Kier alpha value is -3.94. The molecule has 1 saturated heterocycles. The van der Waals surface area contributed by atoms with E-state index in [9.17, 15) is 5.11 Å². The molecule has 37 heavy (non-hydrogen) atoms. The maximum absolute atomic E-state index is 11.1. The van der Waals surface area contributed by atoms with Gasteiger partial charge in [0.1, 0.15) is 0 Å². The Morgan fingerprint density at radius 3 is 2.41 bits per heavy atom. The summed E-state index contributed by atoms with van der Waals surface area (Å²) in [5, 5.41) is 17.5. The van der Waals surface area contributed by atoms with Gasteiger partial charge < -0.3 is 25.0 Å². The standard InChI is InChI=1S/C30H31N5O2/c1-37-18-17-35-15-13-21(14-16-35)31-22-11-12-24-23(19-22)28(30(36)34-24)27(20-7-3-2-4-8-20)29-32-25-9-5-6-10-26(25)33-29/h2-12,19,21,31,34,36H,13-18H2,1H3. The fourth-order valence-corrected chi connectivity index (χ4v) is 5.29. The number of aromatic hydroxyl groups is 1. The maximum atomic E-state index is 11.1. The van der Waals surface area contributed by atoms with Gasteiger partial charge in [0, 0.05) is 54.9 Å². The monoisotopic (exact) mass is 493 g/mol. The Balaban J connectivity index is 1.38. The van der Waals surface area contributed by atoms with E-state index in [1.165, 1.54) is 0 Å². The van der Waals surface area contributed by atoms with Crippen molar-refractivity contribution in [2.24, 2.45) is 9.98 Å². The molecule has 3 aromatic carbocycles. The van der Waals surface area contributed by atoms with Gasteiger partial charge in [-0.2, -0.15) is 0 Å². The van der Waals surface area contributed by atoms with E-state index in [0.717, 1.165) is 83.1 Å². The molecular weight excluding hydrogens is 462 g/mol. The van der Waals surface area contributed by atoms with Crippen LogP contribution in [0.1, 0.15) is 24.0 Å². The minimum atomic E-state index is 0.117. The normalized spacial score (nSPS) is 15.9. The molecule has 0 radical (unpaired) electrons. The topological polar surface area (TPSA) is 85.2 Å². The molecule has 0 spiro atoms. The van der Waals surface area contributed by atoms with Crippen LogP contribution in [0.5, 0.6) is 5.88 Å². The summed E-state index contributed by atoms with van der Waals surface area (Å²) in [5.41, 5.74) is 4.40. The van der Waals surface area contributed by atoms with Crippen molar-refractivity contribution in [2.75, 3.05) is 38.7 Å². The zero-order chi connectivity index (χ0) is 25.2. The Morgan fingerprint density at radius 2 is 1.70 bits per heavy atom. The lowest BCUT2D eigenvalue weighted by Crippen LogP contribution is -2.40. The number of hydrogen-bond donors (Lipinski definition) is 3. The van der Waals surface area contributed by atoms with Crippen LogP contribution in [-0.4, -0.2) is 54.4 Å². The summed E-state index contributed by atoms with van der Waals surface area (Å²) in [6, 6.07) is 24.6. The summed E-state index contributed by atoms with van der Waals surface area (Å²) in [6.07, 6.45) is 2.17. The number of aromatic nitrogens is 1. The van der Waals surface area contributed by atoms with E-state index in [1.807, 2.05) is 60.7 Å². The number of hydrogen-bond acceptors (Lipinski definition) is 6. The first-order valence-electron chi connectivity index (χ1n) is 12.8. The Labute approximate surface area is 215 Å². The number of ether oxygens (including phenoxy) is 1. The zero-order valence-electron chi connectivity index (χ0n) is 20.9. The molecule has 4 aromatic rings. The summed E-state index contributed by atoms with van der Waals surface area (Å²) in [7, 11) is 1.75. The van der Waals surface area contributed by atoms with Gasteiger partial charge in [0.15, 0.2) is 11.7 Å². The summed E-state index contributed by atoms with van der Waals surface area (Å²) in [5.74, 6) is 0.719. The molecule has 188 valence electrons. The van der Waals surface area contributed by atoms with Crippen molar-refractivity contribution in [3.05, 3.63) is 100 Å². The third-order valence-corrected chi connectivity index (χ3v) is 7.22. The van der Waals surface area contributed by atoms with Crippen molar-refractivity contribution in [1.29, 1.82) is 0 Å². The lowest BCUT2D eigenvalue weighted by atomic mass is 9.96. The number of fused-ring (bicyclic) bond motifs is 2. The first-order valence-corrected chi connectivity index (χ1v) is 12.8. The van der Waals surface area contributed by atoms with Gasteiger partial charge >= 0.3 is 0 Å². The van der Waals surface area contributed by atoms with Gasteiger partial charge in [-0.1, -0.05) is 42.5 Å². The molecule has 2 aliphatic rings. The van der Waals surface area contributed by atoms with Gasteiger partial charge in [0.25, 0.3) is 0 Å². The van der Waals surface area contributed by atoms with Crippen molar-refractivity contribution in [3.8, 4) is 5.88 Å². The smallest absolute Gasteiger partial charge is 0.197 e. The first kappa shape index (κ1) is 23.5. The second-order valence-corrected chi connectivity index (χ2v) is 9.64. The minimum absolute atomic E-state index is 0.117. The van der Waals surface area contributed by atoms with E-state index in [1.54, 1.807) is 7.11 Å². The highest BCUT2D eigenvalue weighted by Crippen LogP contribution is 2.40. The average Bonchev–Trinajstić information content (AvgIpc) is 3.50. The quantitative estimate of drug-likeness (QED) is 0.362. The highest BCUT2D eigenvalue weighted by molar-refractivity contribution is 6.01. The van der Waals surface area contributed by atoms with E-state index in [-0.39, 0.29) is 5.88 Å². The number of benzene rings is 3. The van der Waals surface area contributed by atoms with Gasteiger partial charge in [-0.3, -0.25) is 0 Å². The van der Waals surface area contributed by atoms with Crippen LogP contribution in [0.25, 0.3) is 16.5 Å². The van der Waals surface area contributed by atoms with E-state index in [0.29, 0.717) is 11.9 Å². The van der Waals surface area contributed by atoms with Crippen molar-refractivity contribution < 1.29 is 9.84 Å². The predicted molar refractivity (Wildman–Crippen MR) is 146 cm³/mol. The molecule has 1 fully saturated rings. The number of anilines is 1. The van der Waals surface area contributed by atoms with Crippen molar-refractivity contribution in [1.82, 2.24) is 9.88 Å². The van der Waals surface area contributed by atoms with Crippen LogP contribution in [0.15, 0.2) is 88.6 Å². The van der Waals surface area contributed by atoms with Crippen LogP contribution in [0.3, 0.4) is 0 Å². The molecule has 0 amide bonds. The van der Waals surface area contributed by atoms with Gasteiger partial charge in [-0.15, -0.1) is 0 Å². The largest absolute Gasteiger partial charge is 0.494 e. The van der Waals surface area contributed by atoms with Crippen LogP contribution in [0.4, 0.5) is 5.69 Å². The number of piperidine rings is 1. The molecule has 0 saturated carbocycles. The van der Waals surface area contributed by atoms with E-state index < -0.39 is 0 Å². The summed E-state index contributed by atoms with van der Waals surface area (Å²) >= 11 is 0. The summed E-state index contributed by atoms with van der Waals surface area (Å²) in [4.78, 5) is 15.3.